The Morgan fingerprint density at radius 2 is 1.97 bits per heavy atom. The van der Waals surface area contributed by atoms with Gasteiger partial charge in [-0.3, -0.25) is 9.59 Å². The highest BCUT2D eigenvalue weighted by atomic mass is 32.1. The van der Waals surface area contributed by atoms with Crippen molar-refractivity contribution in [2.75, 3.05) is 0 Å². The maximum atomic E-state index is 13.2. The molecule has 4 N–H and O–H groups in total. The molecule has 1 amide bonds. The lowest BCUT2D eigenvalue weighted by Crippen LogP contribution is -2.47. The summed E-state index contributed by atoms with van der Waals surface area (Å²) in [6.45, 7) is 10.8. The first-order valence-electron chi connectivity index (χ1n) is 12.9. The zero-order chi connectivity index (χ0) is 26.8. The minimum atomic E-state index is -1.19. The van der Waals surface area contributed by atoms with Crippen LogP contribution in [-0.4, -0.2) is 61.9 Å². The third-order valence-corrected chi connectivity index (χ3v) is 8.99. The lowest BCUT2D eigenvalue weighted by molar-refractivity contribution is -0.143. The fraction of sp³-hybridized carbons (Fsp3) is 0.741. The van der Waals surface area contributed by atoms with Gasteiger partial charge in [0.1, 0.15) is 10.8 Å². The molecule has 2 aliphatic heterocycles. The number of hydrogen-bond donors (Lipinski definition) is 4. The van der Waals surface area contributed by atoms with Crippen molar-refractivity contribution in [3.05, 3.63) is 21.7 Å². The molecule has 7 atom stereocenters. The van der Waals surface area contributed by atoms with Gasteiger partial charge in [0.15, 0.2) is 0 Å². The average Bonchev–Trinajstić information content (AvgIpc) is 3.23. The highest BCUT2D eigenvalue weighted by Crippen LogP contribution is 2.44. The molecular formula is C27H42N2O6S. The predicted octanol–water partition coefficient (Wildman–Crippen LogP) is 3.23. The molecule has 2 aliphatic rings. The third-order valence-electron chi connectivity index (χ3n) is 8.14. The molecule has 0 spiro atoms. The molecule has 2 fully saturated rings. The van der Waals surface area contributed by atoms with Crippen LogP contribution in [0, 0.1) is 17.3 Å². The summed E-state index contributed by atoms with van der Waals surface area (Å²) in [5.74, 6) is -1.33. The largest absolute Gasteiger partial charge is 0.392 e. The molecule has 0 saturated carbocycles. The van der Waals surface area contributed by atoms with E-state index in [0.717, 1.165) is 30.5 Å². The second kappa shape index (κ2) is 11.4. The molecular weight excluding hydrogens is 480 g/mol. The van der Waals surface area contributed by atoms with Gasteiger partial charge in [-0.25, -0.2) is 4.98 Å². The van der Waals surface area contributed by atoms with Crippen molar-refractivity contribution in [1.82, 2.24) is 10.3 Å². The number of ketones is 1. The average molecular weight is 523 g/mol. The van der Waals surface area contributed by atoms with Gasteiger partial charge >= 0.3 is 0 Å². The van der Waals surface area contributed by atoms with E-state index in [1.165, 1.54) is 11.3 Å². The number of ether oxygens (including phenoxy) is 1. The molecule has 0 radical (unpaired) electrons. The zero-order valence-corrected chi connectivity index (χ0v) is 23.1. The van der Waals surface area contributed by atoms with Crippen LogP contribution in [0.1, 0.15) is 84.3 Å². The van der Waals surface area contributed by atoms with Gasteiger partial charge in [-0.2, -0.15) is 0 Å². The van der Waals surface area contributed by atoms with Crippen LogP contribution in [-0.2, 0) is 20.9 Å². The minimum absolute atomic E-state index is 0.0235. The summed E-state index contributed by atoms with van der Waals surface area (Å²) in [5.41, 5.74) is 0.135. The van der Waals surface area contributed by atoms with Crippen LogP contribution in [0.3, 0.4) is 0 Å². The normalized spacial score (nSPS) is 36.8. The number of thiazole rings is 1. The summed E-state index contributed by atoms with van der Waals surface area (Å²) in [4.78, 5) is 30.7. The number of nitrogens with one attached hydrogen (secondary N) is 1. The van der Waals surface area contributed by atoms with Gasteiger partial charge in [-0.05, 0) is 44.3 Å². The second-order valence-electron chi connectivity index (χ2n) is 11.4. The van der Waals surface area contributed by atoms with Gasteiger partial charge in [0, 0.05) is 17.7 Å². The molecule has 2 saturated heterocycles. The minimum Gasteiger partial charge on any atom is -0.392 e. The highest BCUT2D eigenvalue weighted by Gasteiger charge is 2.52. The number of aliphatic hydroxyl groups excluding tert-OH is 3. The number of fused-ring (bicyclic) bond motifs is 1. The summed E-state index contributed by atoms with van der Waals surface area (Å²) < 4.78 is 6.08. The molecule has 36 heavy (non-hydrogen) atoms. The monoisotopic (exact) mass is 522 g/mol. The second-order valence-corrected chi connectivity index (χ2v) is 12.4. The van der Waals surface area contributed by atoms with Crippen molar-refractivity contribution in [3.63, 3.8) is 0 Å². The summed E-state index contributed by atoms with van der Waals surface area (Å²) in [7, 11) is 0. The number of carbonyl (C=O) groups excluding carboxylic acids is 2. The molecule has 0 aliphatic carbocycles. The molecule has 0 bridgehead atoms. The van der Waals surface area contributed by atoms with Crippen LogP contribution in [0.15, 0.2) is 11.0 Å². The topological polar surface area (TPSA) is 132 Å². The number of amides is 1. The number of carbonyl (C=O) groups is 2. The van der Waals surface area contributed by atoms with Gasteiger partial charge < -0.3 is 25.4 Å². The summed E-state index contributed by atoms with van der Waals surface area (Å²) >= 11 is 1.37. The fourth-order valence-electron chi connectivity index (χ4n) is 5.21. The molecule has 1 aromatic rings. The van der Waals surface area contributed by atoms with Crippen molar-refractivity contribution in [2.24, 2.45) is 17.3 Å². The van der Waals surface area contributed by atoms with Crippen molar-refractivity contribution in [3.8, 4) is 0 Å². The Labute approximate surface area is 218 Å². The maximum absolute atomic E-state index is 13.2. The van der Waals surface area contributed by atoms with E-state index in [9.17, 15) is 24.9 Å². The summed E-state index contributed by atoms with van der Waals surface area (Å²) in [5, 5.41) is 36.6. The number of aliphatic hydroxyl groups is 3. The van der Waals surface area contributed by atoms with E-state index in [0.29, 0.717) is 11.4 Å². The number of nitrogens with zero attached hydrogens (tertiary/aromatic N) is 1. The Kier molecular flexibility index (Phi) is 9.15. The lowest BCUT2D eigenvalue weighted by Gasteiger charge is -2.34. The Hall–Kier alpha value is -1.65. The highest BCUT2D eigenvalue weighted by molar-refractivity contribution is 7.09. The van der Waals surface area contributed by atoms with Crippen molar-refractivity contribution >= 4 is 29.1 Å². The van der Waals surface area contributed by atoms with Gasteiger partial charge in [0.25, 0.3) is 0 Å². The summed E-state index contributed by atoms with van der Waals surface area (Å²) in [6.07, 6.45) is 2.67. The molecule has 0 aromatic carbocycles. The van der Waals surface area contributed by atoms with Crippen LogP contribution >= 0.6 is 11.3 Å². The van der Waals surface area contributed by atoms with E-state index in [-0.39, 0.29) is 48.4 Å². The molecule has 9 heteroatoms. The lowest BCUT2D eigenvalue weighted by atomic mass is 9.72. The van der Waals surface area contributed by atoms with Gasteiger partial charge in [-0.15, -0.1) is 11.3 Å². The first-order valence-corrected chi connectivity index (χ1v) is 13.8. The fourth-order valence-corrected chi connectivity index (χ4v) is 5.82. The Bertz CT molecular complexity index is 975. The Balaban J connectivity index is 1.85. The number of aromatic nitrogens is 1. The molecule has 3 rings (SSSR count). The van der Waals surface area contributed by atoms with Crippen LogP contribution < -0.4 is 5.32 Å². The van der Waals surface area contributed by atoms with E-state index in [1.54, 1.807) is 20.8 Å². The van der Waals surface area contributed by atoms with Crippen LogP contribution in [0.5, 0.6) is 0 Å². The first-order chi connectivity index (χ1) is 16.8. The third kappa shape index (κ3) is 6.61. The van der Waals surface area contributed by atoms with Gasteiger partial charge in [0.05, 0.1) is 54.1 Å². The first kappa shape index (κ1) is 28.9. The standard InChI is InChI=1S/C27H42N2O6S/c1-15-8-7-9-27(6)21(35-27)11-19(16(2)10-18-14-36-23(13-30)28-18)29-22(32)12-20(31)26(4,5)25(34)17(3)24(15)33/h10,14-15,17,19-21,24,30-31,33H,7-9,11-13H2,1-6H3,(H,29,32)/t15-,17+,19?,20-,21?,24-,27+/m0/s1. The molecule has 3 heterocycles. The van der Waals surface area contributed by atoms with Crippen molar-refractivity contribution in [1.29, 1.82) is 0 Å². The van der Waals surface area contributed by atoms with E-state index in [1.807, 2.05) is 25.3 Å². The molecule has 2 unspecified atom stereocenters. The van der Waals surface area contributed by atoms with Gasteiger partial charge in [-0.1, -0.05) is 34.1 Å². The van der Waals surface area contributed by atoms with Gasteiger partial charge in [0.2, 0.25) is 5.91 Å². The molecule has 1 aromatic heterocycles. The SMILES string of the molecule is CC(=Cc1csc(CO)n1)C1CC2O[C@]2(C)CCC[C@H](C)[C@H](O)[C@@H](C)C(=O)C(C)(C)[C@@H](O)CC(=O)N1. The van der Waals surface area contributed by atoms with Crippen LogP contribution in [0.25, 0.3) is 6.08 Å². The quantitative estimate of drug-likeness (QED) is 0.448. The smallest absolute Gasteiger partial charge is 0.223 e. The molecule has 202 valence electrons. The van der Waals surface area contributed by atoms with E-state index >= 15 is 0 Å². The number of hydrogen-bond acceptors (Lipinski definition) is 8. The number of rotatable bonds is 3. The molecule has 8 nitrogen and oxygen atoms in total. The van der Waals surface area contributed by atoms with E-state index < -0.39 is 23.5 Å². The number of epoxide rings is 1. The van der Waals surface area contributed by atoms with Crippen molar-refractivity contribution < 1.29 is 29.6 Å². The Morgan fingerprint density at radius 1 is 1.28 bits per heavy atom. The van der Waals surface area contributed by atoms with E-state index in [2.05, 4.69) is 17.2 Å². The summed E-state index contributed by atoms with van der Waals surface area (Å²) in [6, 6.07) is -0.331. The maximum Gasteiger partial charge on any atom is 0.223 e. The van der Waals surface area contributed by atoms with Crippen LogP contribution in [0.4, 0.5) is 0 Å². The predicted molar refractivity (Wildman–Crippen MR) is 139 cm³/mol. The zero-order valence-electron chi connectivity index (χ0n) is 22.3. The Morgan fingerprint density at radius 3 is 2.61 bits per heavy atom. The van der Waals surface area contributed by atoms with E-state index in [4.69, 9.17) is 4.74 Å². The van der Waals surface area contributed by atoms with Crippen LogP contribution in [0.2, 0.25) is 0 Å². The number of Topliss-reactive ketones (excluding diaryl/α,β-unsaturated/α-hetero) is 1. The van der Waals surface area contributed by atoms with Crippen molar-refractivity contribution in [2.45, 2.75) is 110 Å².